The summed E-state index contributed by atoms with van der Waals surface area (Å²) in [5.74, 6) is -0.249. The van der Waals surface area contributed by atoms with Crippen molar-refractivity contribution in [1.82, 2.24) is 5.32 Å². The fourth-order valence-electron chi connectivity index (χ4n) is 1.99. The molecule has 1 aliphatic heterocycles. The zero-order valence-corrected chi connectivity index (χ0v) is 10.4. The number of nitrogens with one attached hydrogen (secondary N) is 1. The molecule has 1 N–H and O–H groups in total. The van der Waals surface area contributed by atoms with Crippen LogP contribution >= 0.6 is 11.6 Å². The monoisotopic (exact) mass is 251 g/mol. The van der Waals surface area contributed by atoms with Crippen molar-refractivity contribution in [3.8, 4) is 0 Å². The van der Waals surface area contributed by atoms with Crippen LogP contribution < -0.4 is 5.32 Å². The third-order valence-corrected chi connectivity index (χ3v) is 3.06. The molecule has 4 heteroatoms. The van der Waals surface area contributed by atoms with Gasteiger partial charge in [-0.25, -0.2) is 4.79 Å². The van der Waals surface area contributed by atoms with Gasteiger partial charge in [-0.05, 0) is 36.2 Å². The molecule has 2 rings (SSSR count). The highest BCUT2D eigenvalue weighted by atomic mass is 35.5. The number of rotatable bonds is 2. The molecule has 0 spiro atoms. The Kier molecular flexibility index (Phi) is 3.82. The summed E-state index contributed by atoms with van der Waals surface area (Å²) in [6.07, 6.45) is 0.689. The topological polar surface area (TPSA) is 38.3 Å². The van der Waals surface area contributed by atoms with Gasteiger partial charge >= 0.3 is 5.97 Å². The Bertz CT molecular complexity index is 468. The number of ether oxygens (including phenoxy) is 1. The Labute approximate surface area is 105 Å². The lowest BCUT2D eigenvalue weighted by Crippen LogP contribution is -2.27. The summed E-state index contributed by atoms with van der Waals surface area (Å²) in [5, 5.41) is 3.92. The first-order valence-corrected chi connectivity index (χ1v) is 5.87. The van der Waals surface area contributed by atoms with E-state index in [0.29, 0.717) is 18.0 Å². The quantitative estimate of drug-likeness (QED) is 0.820. The van der Waals surface area contributed by atoms with Crippen LogP contribution in [0, 0.1) is 0 Å². The van der Waals surface area contributed by atoms with Gasteiger partial charge in [0.15, 0.2) is 0 Å². The fourth-order valence-corrected chi connectivity index (χ4v) is 2.18. The van der Waals surface area contributed by atoms with Crippen LogP contribution in [0.25, 0.3) is 5.57 Å². The molecule has 1 aromatic rings. The number of methoxy groups -OCH3 is 1. The highest BCUT2D eigenvalue weighted by molar-refractivity contribution is 6.30. The first-order chi connectivity index (χ1) is 8.22. The summed E-state index contributed by atoms with van der Waals surface area (Å²) >= 11 is 5.97. The van der Waals surface area contributed by atoms with Crippen LogP contribution in [0.3, 0.4) is 0 Å². The van der Waals surface area contributed by atoms with Crippen molar-refractivity contribution in [2.24, 2.45) is 0 Å². The van der Waals surface area contributed by atoms with E-state index < -0.39 is 0 Å². The lowest BCUT2D eigenvalue weighted by atomic mass is 9.95. The summed E-state index contributed by atoms with van der Waals surface area (Å²) < 4.78 is 4.81. The molecule has 0 saturated heterocycles. The predicted molar refractivity (Wildman–Crippen MR) is 67.9 cm³/mol. The smallest absolute Gasteiger partial charge is 0.334 e. The number of hydrogen-bond acceptors (Lipinski definition) is 3. The van der Waals surface area contributed by atoms with E-state index in [9.17, 15) is 4.79 Å². The number of hydrogen-bond donors (Lipinski definition) is 1. The number of benzene rings is 1. The van der Waals surface area contributed by atoms with Crippen molar-refractivity contribution in [1.29, 1.82) is 0 Å². The van der Waals surface area contributed by atoms with Gasteiger partial charge in [0.2, 0.25) is 0 Å². The molecular weight excluding hydrogens is 238 g/mol. The minimum Gasteiger partial charge on any atom is -0.466 e. The molecule has 3 nitrogen and oxygen atoms in total. The second-order valence-electron chi connectivity index (χ2n) is 3.89. The van der Waals surface area contributed by atoms with E-state index in [0.717, 1.165) is 23.3 Å². The van der Waals surface area contributed by atoms with Crippen molar-refractivity contribution < 1.29 is 9.53 Å². The molecule has 0 atom stereocenters. The van der Waals surface area contributed by atoms with Crippen LogP contribution in [-0.2, 0) is 9.53 Å². The van der Waals surface area contributed by atoms with E-state index in [1.165, 1.54) is 7.11 Å². The molecule has 0 aliphatic carbocycles. The van der Waals surface area contributed by atoms with Gasteiger partial charge in [-0.3, -0.25) is 0 Å². The molecule has 1 aromatic carbocycles. The lowest BCUT2D eigenvalue weighted by molar-refractivity contribution is -0.136. The van der Waals surface area contributed by atoms with Crippen LogP contribution in [0.4, 0.5) is 0 Å². The third-order valence-electron chi connectivity index (χ3n) is 2.82. The van der Waals surface area contributed by atoms with Crippen LogP contribution in [-0.4, -0.2) is 26.2 Å². The van der Waals surface area contributed by atoms with Crippen molar-refractivity contribution in [3.63, 3.8) is 0 Å². The van der Waals surface area contributed by atoms with Gasteiger partial charge in [-0.2, -0.15) is 0 Å². The second-order valence-corrected chi connectivity index (χ2v) is 4.32. The van der Waals surface area contributed by atoms with Crippen molar-refractivity contribution in [2.75, 3.05) is 20.2 Å². The summed E-state index contributed by atoms with van der Waals surface area (Å²) in [6, 6.07) is 7.53. The second kappa shape index (κ2) is 5.34. The molecule has 0 fully saturated rings. The molecule has 0 amide bonds. The first kappa shape index (κ1) is 12.1. The molecular formula is C13H14ClNO2. The molecule has 0 saturated carbocycles. The van der Waals surface area contributed by atoms with Gasteiger partial charge in [0, 0.05) is 17.1 Å². The molecule has 17 heavy (non-hydrogen) atoms. The molecule has 0 radical (unpaired) electrons. The minimum atomic E-state index is -0.249. The zero-order chi connectivity index (χ0) is 12.3. The maximum Gasteiger partial charge on any atom is 0.334 e. The normalized spacial score (nSPS) is 15.9. The van der Waals surface area contributed by atoms with E-state index in [-0.39, 0.29) is 5.97 Å². The van der Waals surface area contributed by atoms with E-state index in [1.807, 2.05) is 24.3 Å². The maximum absolute atomic E-state index is 11.7. The van der Waals surface area contributed by atoms with Crippen molar-refractivity contribution in [2.45, 2.75) is 6.42 Å². The lowest BCUT2D eigenvalue weighted by Gasteiger charge is -2.20. The highest BCUT2D eigenvalue weighted by Gasteiger charge is 2.20. The average Bonchev–Trinajstić information content (AvgIpc) is 2.38. The van der Waals surface area contributed by atoms with Gasteiger partial charge in [0.1, 0.15) is 0 Å². The Morgan fingerprint density at radius 1 is 1.47 bits per heavy atom. The summed E-state index contributed by atoms with van der Waals surface area (Å²) in [7, 11) is 1.41. The SMILES string of the molecule is COC(=O)C1=C(c2cccc(Cl)c2)CNCC1. The number of esters is 1. The molecule has 1 heterocycles. The average molecular weight is 252 g/mol. The van der Waals surface area contributed by atoms with Gasteiger partial charge < -0.3 is 10.1 Å². The van der Waals surface area contributed by atoms with Gasteiger partial charge in [-0.1, -0.05) is 23.7 Å². The largest absolute Gasteiger partial charge is 0.466 e. The van der Waals surface area contributed by atoms with E-state index >= 15 is 0 Å². The zero-order valence-electron chi connectivity index (χ0n) is 9.63. The van der Waals surface area contributed by atoms with Gasteiger partial charge in [0.25, 0.3) is 0 Å². The summed E-state index contributed by atoms with van der Waals surface area (Å²) in [4.78, 5) is 11.7. The predicted octanol–water partition coefficient (Wildman–Crippen LogP) is 2.26. The Hall–Kier alpha value is -1.32. The van der Waals surface area contributed by atoms with Crippen LogP contribution in [0.15, 0.2) is 29.8 Å². The summed E-state index contributed by atoms with van der Waals surface area (Å²) in [5.41, 5.74) is 2.70. The molecule has 0 bridgehead atoms. The minimum absolute atomic E-state index is 0.249. The molecule has 1 aliphatic rings. The maximum atomic E-state index is 11.7. The van der Waals surface area contributed by atoms with E-state index in [4.69, 9.17) is 16.3 Å². The number of halogens is 1. The Balaban J connectivity index is 2.45. The van der Waals surface area contributed by atoms with Crippen molar-refractivity contribution in [3.05, 3.63) is 40.4 Å². The highest BCUT2D eigenvalue weighted by Crippen LogP contribution is 2.25. The van der Waals surface area contributed by atoms with Crippen LogP contribution in [0.1, 0.15) is 12.0 Å². The van der Waals surface area contributed by atoms with Gasteiger partial charge in [0.05, 0.1) is 7.11 Å². The van der Waals surface area contributed by atoms with Crippen LogP contribution in [0.5, 0.6) is 0 Å². The standard InChI is InChI=1S/C13H14ClNO2/c1-17-13(16)11-5-6-15-8-12(11)9-3-2-4-10(14)7-9/h2-4,7,15H,5-6,8H2,1H3. The number of carbonyl (C=O) groups excluding carboxylic acids is 1. The van der Waals surface area contributed by atoms with Gasteiger partial charge in [-0.15, -0.1) is 0 Å². The summed E-state index contributed by atoms with van der Waals surface area (Å²) in [6.45, 7) is 1.47. The van der Waals surface area contributed by atoms with E-state index in [2.05, 4.69) is 5.32 Å². The Morgan fingerprint density at radius 3 is 3.00 bits per heavy atom. The van der Waals surface area contributed by atoms with Crippen molar-refractivity contribution >= 4 is 23.1 Å². The third kappa shape index (κ3) is 2.68. The van der Waals surface area contributed by atoms with E-state index in [1.54, 1.807) is 0 Å². The fraction of sp³-hybridized carbons (Fsp3) is 0.308. The first-order valence-electron chi connectivity index (χ1n) is 5.49. The number of carbonyl (C=O) groups is 1. The van der Waals surface area contributed by atoms with Crippen LogP contribution in [0.2, 0.25) is 5.02 Å². The Morgan fingerprint density at radius 2 is 2.29 bits per heavy atom. The molecule has 0 aromatic heterocycles. The molecule has 0 unspecified atom stereocenters. The molecule has 90 valence electrons.